The first kappa shape index (κ1) is 23.6. The number of nitriles is 1. The molecule has 8 heteroatoms. The van der Waals surface area contributed by atoms with Crippen LogP contribution in [0.3, 0.4) is 0 Å². The van der Waals surface area contributed by atoms with E-state index in [1.165, 1.54) is 12.1 Å². The predicted molar refractivity (Wildman–Crippen MR) is 129 cm³/mol. The second kappa shape index (κ2) is 7.59. The van der Waals surface area contributed by atoms with Gasteiger partial charge in [0.15, 0.2) is 6.23 Å². The van der Waals surface area contributed by atoms with Crippen LogP contribution in [0.1, 0.15) is 34.7 Å². The van der Waals surface area contributed by atoms with Crippen molar-refractivity contribution in [3.05, 3.63) is 94.5 Å². The molecule has 0 aromatic heterocycles. The number of hydrogen-bond donors (Lipinski definition) is 0. The highest BCUT2D eigenvalue weighted by Crippen LogP contribution is 2.79. The lowest BCUT2D eigenvalue weighted by Crippen LogP contribution is -2.45. The van der Waals surface area contributed by atoms with Crippen LogP contribution in [0.4, 0.5) is 18.9 Å². The van der Waals surface area contributed by atoms with E-state index in [0.29, 0.717) is 11.1 Å². The van der Waals surface area contributed by atoms with E-state index in [4.69, 9.17) is 4.74 Å². The molecule has 0 radical (unpaired) electrons. The number of aryl methyl sites for hydroxylation is 2. The van der Waals surface area contributed by atoms with Gasteiger partial charge in [-0.15, -0.1) is 13.2 Å². The maximum absolute atomic E-state index is 14.3. The number of hydrogen-bond acceptors (Lipinski definition) is 4. The van der Waals surface area contributed by atoms with Crippen LogP contribution in [0, 0.1) is 36.5 Å². The summed E-state index contributed by atoms with van der Waals surface area (Å²) in [4.78, 5) is 16.0. The molecule has 188 valence electrons. The highest BCUT2D eigenvalue weighted by atomic mass is 19.4. The quantitative estimate of drug-likeness (QED) is 0.424. The van der Waals surface area contributed by atoms with Crippen LogP contribution in [-0.2, 0) is 14.9 Å². The zero-order chi connectivity index (χ0) is 26.3. The summed E-state index contributed by atoms with van der Waals surface area (Å²) in [6.07, 6.45) is -5.44. The minimum absolute atomic E-state index is 0.0961. The number of halogens is 3. The van der Waals surface area contributed by atoms with Crippen LogP contribution in [0.15, 0.2) is 66.7 Å². The average molecular weight is 505 g/mol. The van der Waals surface area contributed by atoms with Gasteiger partial charge in [-0.2, -0.15) is 5.26 Å². The first-order valence-electron chi connectivity index (χ1n) is 11.9. The Morgan fingerprint density at radius 3 is 2.08 bits per heavy atom. The van der Waals surface area contributed by atoms with Crippen molar-refractivity contribution in [2.45, 2.75) is 44.9 Å². The fourth-order valence-corrected chi connectivity index (χ4v) is 6.67. The smallest absolute Gasteiger partial charge is 0.406 e. The first-order chi connectivity index (χ1) is 17.5. The number of carbonyl (C=O) groups excluding carboxylic acids is 1. The molecule has 2 saturated heterocycles. The van der Waals surface area contributed by atoms with Crippen LogP contribution in [-0.4, -0.2) is 24.6 Å². The number of carbonyl (C=O) groups is 1. The second-order valence-electron chi connectivity index (χ2n) is 10.3. The molecule has 5 atom stereocenters. The number of nitrogens with zero attached hydrogens (tertiary/aromatic N) is 2. The highest BCUT2D eigenvalue weighted by Gasteiger charge is 2.88. The van der Waals surface area contributed by atoms with Gasteiger partial charge in [-0.3, -0.25) is 9.69 Å². The largest absolute Gasteiger partial charge is 0.573 e. The van der Waals surface area contributed by atoms with Crippen molar-refractivity contribution in [1.29, 1.82) is 5.26 Å². The topological polar surface area (TPSA) is 65.9 Å². The fourth-order valence-electron chi connectivity index (χ4n) is 6.67. The number of ether oxygens (including phenoxy) is 2. The third-order valence-corrected chi connectivity index (χ3v) is 8.07. The molecule has 37 heavy (non-hydrogen) atoms. The van der Waals surface area contributed by atoms with E-state index in [-0.39, 0.29) is 23.7 Å². The van der Waals surface area contributed by atoms with Crippen molar-refractivity contribution in [1.82, 2.24) is 0 Å². The zero-order valence-corrected chi connectivity index (χ0v) is 20.3. The molecule has 1 aliphatic carbocycles. The summed E-state index contributed by atoms with van der Waals surface area (Å²) in [6, 6.07) is 20.9. The summed E-state index contributed by atoms with van der Waals surface area (Å²) in [7, 11) is 0. The van der Waals surface area contributed by atoms with Crippen molar-refractivity contribution >= 4 is 11.6 Å². The molecule has 1 amide bonds. The number of benzene rings is 3. The Morgan fingerprint density at radius 1 is 0.973 bits per heavy atom. The van der Waals surface area contributed by atoms with Gasteiger partial charge in [-0.25, -0.2) is 0 Å². The maximum Gasteiger partial charge on any atom is 0.573 e. The molecule has 0 bridgehead atoms. The predicted octanol–water partition coefficient (Wildman–Crippen LogP) is 5.77. The van der Waals surface area contributed by atoms with Crippen molar-refractivity contribution in [2.75, 3.05) is 4.90 Å². The molecule has 3 aliphatic rings. The molecular weight excluding hydrogens is 481 g/mol. The van der Waals surface area contributed by atoms with Gasteiger partial charge in [-0.05, 0) is 79.4 Å². The van der Waals surface area contributed by atoms with E-state index >= 15 is 0 Å². The molecular formula is C29H23F3N2O3. The third kappa shape index (κ3) is 3.30. The Hall–Kier alpha value is -3.83. The molecule has 3 aromatic carbocycles. The fraction of sp³-hybridized carbons (Fsp3) is 0.310. The lowest BCUT2D eigenvalue weighted by atomic mass is 9.80. The van der Waals surface area contributed by atoms with Crippen LogP contribution in [0.25, 0.3) is 0 Å². The molecule has 2 aliphatic heterocycles. The molecule has 2 heterocycles. The van der Waals surface area contributed by atoms with E-state index in [2.05, 4.69) is 10.8 Å². The molecule has 3 aromatic rings. The van der Waals surface area contributed by atoms with E-state index < -0.39 is 23.4 Å². The number of rotatable bonds is 4. The normalized spacial score (nSPS) is 29.7. The summed E-state index contributed by atoms with van der Waals surface area (Å²) in [5.41, 5.74) is 3.06. The minimum Gasteiger partial charge on any atom is -0.406 e. The van der Waals surface area contributed by atoms with Gasteiger partial charge in [0.1, 0.15) is 11.9 Å². The first-order valence-corrected chi connectivity index (χ1v) is 11.9. The van der Waals surface area contributed by atoms with Gasteiger partial charge in [-0.1, -0.05) is 30.3 Å². The number of epoxide rings is 1. The van der Waals surface area contributed by atoms with Crippen molar-refractivity contribution in [3.63, 3.8) is 0 Å². The SMILES string of the molecule is Cc1cc(C)cc(N2C(=O)[C@]3(C)[C@H](C4OC42)[C@@]3(c2ccc(C#N)cc2)c2ccc(OC(F)(F)F)cc2)c1. The van der Waals surface area contributed by atoms with Crippen molar-refractivity contribution < 1.29 is 27.4 Å². The van der Waals surface area contributed by atoms with Gasteiger partial charge >= 0.3 is 6.36 Å². The Bertz CT molecular complexity index is 1440. The molecule has 5 nitrogen and oxygen atoms in total. The third-order valence-electron chi connectivity index (χ3n) is 8.07. The minimum atomic E-state index is -4.80. The Balaban J connectivity index is 1.49. The monoisotopic (exact) mass is 504 g/mol. The molecule has 6 rings (SSSR count). The van der Waals surface area contributed by atoms with Crippen molar-refractivity contribution in [2.24, 2.45) is 11.3 Å². The van der Waals surface area contributed by atoms with Gasteiger partial charge in [0, 0.05) is 17.0 Å². The summed E-state index contributed by atoms with van der Waals surface area (Å²) in [5, 5.41) is 9.30. The van der Waals surface area contributed by atoms with Crippen LogP contribution in [0.2, 0.25) is 0 Å². The zero-order valence-electron chi connectivity index (χ0n) is 20.3. The number of fused-ring (bicyclic) bond motifs is 3. The van der Waals surface area contributed by atoms with E-state index in [1.54, 1.807) is 29.2 Å². The molecule has 0 spiro atoms. The molecule has 0 N–H and O–H groups in total. The molecule has 1 saturated carbocycles. The number of piperidine rings is 1. The van der Waals surface area contributed by atoms with Gasteiger partial charge in [0.25, 0.3) is 0 Å². The Kier molecular flexibility index (Phi) is 4.83. The van der Waals surface area contributed by atoms with Gasteiger partial charge in [0.2, 0.25) is 5.91 Å². The summed E-state index contributed by atoms with van der Waals surface area (Å²) in [6.45, 7) is 5.86. The average Bonchev–Trinajstić information content (AvgIpc) is 3.72. The number of anilines is 1. The summed E-state index contributed by atoms with van der Waals surface area (Å²) < 4.78 is 48.6. The van der Waals surface area contributed by atoms with Gasteiger partial charge in [0.05, 0.1) is 17.0 Å². The standard InChI is InChI=1S/C29H23F3N2O3/c1-16-12-17(2)14-21(13-16)34-25-23(36-25)24-27(3,26(34)35)28(24,19-6-4-18(15-33)5-7-19)20-8-10-22(11-9-20)37-29(30,31)32/h4-14,23-25H,1-3H3/t23?,24-,25?,27-,28+/m0/s1. The molecule has 3 fully saturated rings. The lowest BCUT2D eigenvalue weighted by molar-refractivity contribution is -0.274. The summed E-state index contributed by atoms with van der Waals surface area (Å²) >= 11 is 0. The van der Waals surface area contributed by atoms with E-state index in [0.717, 1.165) is 22.4 Å². The maximum atomic E-state index is 14.3. The summed E-state index contributed by atoms with van der Waals surface area (Å²) in [5.74, 6) is -0.646. The number of amides is 1. The lowest BCUT2D eigenvalue weighted by Gasteiger charge is -2.30. The van der Waals surface area contributed by atoms with Crippen LogP contribution < -0.4 is 9.64 Å². The van der Waals surface area contributed by atoms with Crippen molar-refractivity contribution in [3.8, 4) is 11.8 Å². The van der Waals surface area contributed by atoms with Crippen LogP contribution in [0.5, 0.6) is 5.75 Å². The molecule has 2 unspecified atom stereocenters. The van der Waals surface area contributed by atoms with E-state index in [1.807, 2.05) is 51.1 Å². The van der Waals surface area contributed by atoms with Crippen LogP contribution >= 0.6 is 0 Å². The Labute approximate surface area is 212 Å². The second-order valence-corrected chi connectivity index (χ2v) is 10.3. The van der Waals surface area contributed by atoms with E-state index in [9.17, 15) is 23.2 Å². The highest BCUT2D eigenvalue weighted by molar-refractivity contribution is 6.05. The Morgan fingerprint density at radius 2 is 1.54 bits per heavy atom. The van der Waals surface area contributed by atoms with Gasteiger partial charge < -0.3 is 9.47 Å². The number of alkyl halides is 3.